The van der Waals surface area contributed by atoms with E-state index in [2.05, 4.69) is 84.0 Å². The zero-order chi connectivity index (χ0) is 27.7. The van der Waals surface area contributed by atoms with Crippen LogP contribution < -0.4 is 0 Å². The molecule has 2 heteroatoms. The van der Waals surface area contributed by atoms with Gasteiger partial charge in [-0.1, -0.05) is 72.6 Å². The molecule has 0 aromatic heterocycles. The molecule has 0 aliphatic heterocycles. The Bertz CT molecular complexity index is 1310. The van der Waals surface area contributed by atoms with E-state index in [0.29, 0.717) is 11.3 Å². The smallest absolute Gasteiger partial charge is 0.131 e. The van der Waals surface area contributed by atoms with Crippen molar-refractivity contribution in [2.45, 2.75) is 99.3 Å². The summed E-state index contributed by atoms with van der Waals surface area (Å²) in [6.45, 7) is 13.2. The number of phenols is 2. The number of rotatable bonds is 13. The first kappa shape index (κ1) is 29.6. The van der Waals surface area contributed by atoms with Crippen LogP contribution in [0.5, 0.6) is 11.5 Å². The SMILES string of the molecule is CC(C)=CCCC(C)=CCCc1ccc2c(O)c3ccc(CCCC(C)CCC=C(C)C)cc3c(O)c2c1. The molecule has 38 heavy (non-hydrogen) atoms. The molecule has 0 aliphatic carbocycles. The topological polar surface area (TPSA) is 40.5 Å². The van der Waals surface area contributed by atoms with Crippen LogP contribution in [0.1, 0.15) is 97.6 Å². The molecule has 3 rings (SSSR count). The molecule has 2 N–H and O–H groups in total. The Morgan fingerprint density at radius 2 is 1.21 bits per heavy atom. The van der Waals surface area contributed by atoms with E-state index in [0.717, 1.165) is 61.1 Å². The third-order valence-electron chi connectivity index (χ3n) is 7.58. The second-order valence-corrected chi connectivity index (χ2v) is 11.7. The second kappa shape index (κ2) is 14.2. The van der Waals surface area contributed by atoms with Gasteiger partial charge in [0.1, 0.15) is 11.5 Å². The minimum absolute atomic E-state index is 0.258. The summed E-state index contributed by atoms with van der Waals surface area (Å²) in [4.78, 5) is 0. The molecule has 0 spiro atoms. The van der Waals surface area contributed by atoms with Crippen LogP contribution in [0.15, 0.2) is 71.3 Å². The van der Waals surface area contributed by atoms with Crippen molar-refractivity contribution in [1.82, 2.24) is 0 Å². The predicted molar refractivity (Wildman–Crippen MR) is 166 cm³/mol. The molecule has 3 aromatic carbocycles. The summed E-state index contributed by atoms with van der Waals surface area (Å²) < 4.78 is 0. The molecule has 204 valence electrons. The van der Waals surface area contributed by atoms with E-state index in [1.807, 2.05) is 12.1 Å². The quantitative estimate of drug-likeness (QED) is 0.136. The molecular formula is C36H48O2. The summed E-state index contributed by atoms with van der Waals surface area (Å²) in [5.74, 6) is 1.25. The minimum Gasteiger partial charge on any atom is -0.507 e. The van der Waals surface area contributed by atoms with Crippen LogP contribution in [0.4, 0.5) is 0 Å². The fraction of sp³-hybridized carbons (Fsp3) is 0.444. The van der Waals surface area contributed by atoms with Crippen molar-refractivity contribution >= 4 is 21.5 Å². The first-order valence-corrected chi connectivity index (χ1v) is 14.5. The van der Waals surface area contributed by atoms with Gasteiger partial charge in [0.05, 0.1) is 0 Å². The third-order valence-corrected chi connectivity index (χ3v) is 7.58. The average Bonchev–Trinajstić information content (AvgIpc) is 2.86. The summed E-state index contributed by atoms with van der Waals surface area (Å²) >= 11 is 0. The highest BCUT2D eigenvalue weighted by Gasteiger charge is 2.14. The molecule has 0 radical (unpaired) electrons. The van der Waals surface area contributed by atoms with Crippen LogP contribution >= 0.6 is 0 Å². The number of hydrogen-bond acceptors (Lipinski definition) is 2. The molecule has 0 aliphatic rings. The normalized spacial score (nSPS) is 12.6. The predicted octanol–water partition coefficient (Wildman–Crippen LogP) is 10.7. The summed E-state index contributed by atoms with van der Waals surface area (Å²) in [5, 5.41) is 25.2. The molecule has 0 bridgehead atoms. The fourth-order valence-corrected chi connectivity index (χ4v) is 5.22. The van der Waals surface area contributed by atoms with E-state index in [4.69, 9.17) is 0 Å². The van der Waals surface area contributed by atoms with Gasteiger partial charge in [0.15, 0.2) is 0 Å². The Kier molecular flexibility index (Phi) is 11.1. The molecule has 1 atom stereocenters. The van der Waals surface area contributed by atoms with Gasteiger partial charge in [-0.25, -0.2) is 0 Å². The van der Waals surface area contributed by atoms with E-state index in [1.54, 1.807) is 0 Å². The number of allylic oxidation sites excluding steroid dienone is 6. The number of aromatic hydroxyl groups is 2. The molecule has 2 nitrogen and oxygen atoms in total. The minimum atomic E-state index is 0.258. The van der Waals surface area contributed by atoms with Crippen LogP contribution in [0.3, 0.4) is 0 Å². The number of fused-ring (bicyclic) bond motifs is 2. The molecule has 0 amide bonds. The Labute approximate surface area is 230 Å². The van der Waals surface area contributed by atoms with Crippen LogP contribution in [-0.2, 0) is 12.8 Å². The van der Waals surface area contributed by atoms with Crippen molar-refractivity contribution in [1.29, 1.82) is 0 Å². The van der Waals surface area contributed by atoms with Crippen molar-refractivity contribution in [3.63, 3.8) is 0 Å². The first-order valence-electron chi connectivity index (χ1n) is 14.5. The molecule has 0 saturated heterocycles. The van der Waals surface area contributed by atoms with Gasteiger partial charge in [0.2, 0.25) is 0 Å². The van der Waals surface area contributed by atoms with Crippen LogP contribution in [0, 0.1) is 5.92 Å². The van der Waals surface area contributed by atoms with Gasteiger partial charge in [-0.05, 0) is 115 Å². The molecular weight excluding hydrogens is 464 g/mol. The lowest BCUT2D eigenvalue weighted by atomic mass is 9.94. The molecule has 0 heterocycles. The van der Waals surface area contributed by atoms with Gasteiger partial charge < -0.3 is 10.2 Å². The van der Waals surface area contributed by atoms with Gasteiger partial charge in [-0.15, -0.1) is 0 Å². The lowest BCUT2D eigenvalue weighted by molar-refractivity contribution is 0.477. The van der Waals surface area contributed by atoms with Crippen molar-refractivity contribution < 1.29 is 10.2 Å². The zero-order valence-electron chi connectivity index (χ0n) is 24.5. The molecule has 3 aromatic rings. The highest BCUT2D eigenvalue weighted by atomic mass is 16.3. The Hall–Kier alpha value is -3.00. The van der Waals surface area contributed by atoms with E-state index in [-0.39, 0.29) is 11.5 Å². The number of phenolic OH excluding ortho intramolecular Hbond substituents is 2. The Morgan fingerprint density at radius 3 is 1.82 bits per heavy atom. The van der Waals surface area contributed by atoms with Gasteiger partial charge in [-0.2, -0.15) is 0 Å². The maximum absolute atomic E-state index is 11.3. The molecule has 1 unspecified atom stereocenters. The fourth-order valence-electron chi connectivity index (χ4n) is 5.22. The Balaban J connectivity index is 1.71. The lowest BCUT2D eigenvalue weighted by Crippen LogP contribution is -1.96. The van der Waals surface area contributed by atoms with E-state index in [1.165, 1.54) is 40.7 Å². The van der Waals surface area contributed by atoms with Crippen LogP contribution in [0.2, 0.25) is 0 Å². The van der Waals surface area contributed by atoms with Crippen LogP contribution in [0.25, 0.3) is 21.5 Å². The first-order chi connectivity index (χ1) is 18.2. The lowest BCUT2D eigenvalue weighted by Gasteiger charge is -2.13. The van der Waals surface area contributed by atoms with Crippen molar-refractivity contribution in [3.05, 3.63) is 82.5 Å². The summed E-state index contributed by atoms with van der Waals surface area (Å²) in [6.07, 6.45) is 16.8. The van der Waals surface area contributed by atoms with Crippen molar-refractivity contribution in [3.8, 4) is 11.5 Å². The molecule has 0 fully saturated rings. The highest BCUT2D eigenvalue weighted by Crippen LogP contribution is 2.42. The number of aryl methyl sites for hydroxylation is 2. The van der Waals surface area contributed by atoms with Crippen molar-refractivity contribution in [2.24, 2.45) is 5.92 Å². The maximum Gasteiger partial charge on any atom is 0.131 e. The zero-order valence-corrected chi connectivity index (χ0v) is 24.5. The molecule has 0 saturated carbocycles. The summed E-state index contributed by atoms with van der Waals surface area (Å²) in [7, 11) is 0. The van der Waals surface area contributed by atoms with Crippen molar-refractivity contribution in [2.75, 3.05) is 0 Å². The summed E-state index contributed by atoms with van der Waals surface area (Å²) in [5.41, 5.74) is 6.58. The largest absolute Gasteiger partial charge is 0.507 e. The summed E-state index contributed by atoms with van der Waals surface area (Å²) in [6, 6.07) is 12.2. The second-order valence-electron chi connectivity index (χ2n) is 11.7. The van der Waals surface area contributed by atoms with Gasteiger partial charge in [0.25, 0.3) is 0 Å². The van der Waals surface area contributed by atoms with E-state index in [9.17, 15) is 10.2 Å². The highest BCUT2D eigenvalue weighted by molar-refractivity contribution is 6.10. The third kappa shape index (κ3) is 8.51. The average molecular weight is 513 g/mol. The van der Waals surface area contributed by atoms with Gasteiger partial charge in [-0.3, -0.25) is 0 Å². The standard InChI is InChI=1S/C36H48O2/c1-25(2)11-7-13-27(5)15-9-17-29-19-21-31-33(23-29)36(38)34-24-30(20-22-32(34)35(31)37)18-10-16-28(6)14-8-12-26(3)4/h11-12,15,19-24,28,37-38H,7-10,13-14,16-18H2,1-6H3. The number of hydrogen-bond donors (Lipinski definition) is 2. The van der Waals surface area contributed by atoms with E-state index < -0.39 is 0 Å². The maximum atomic E-state index is 11.3. The van der Waals surface area contributed by atoms with Gasteiger partial charge in [0, 0.05) is 21.5 Å². The van der Waals surface area contributed by atoms with Gasteiger partial charge >= 0.3 is 0 Å². The monoisotopic (exact) mass is 512 g/mol. The number of benzene rings is 3. The van der Waals surface area contributed by atoms with Crippen LogP contribution in [-0.4, -0.2) is 10.2 Å². The Morgan fingerprint density at radius 1 is 0.658 bits per heavy atom. The van der Waals surface area contributed by atoms with E-state index >= 15 is 0 Å².